The standard InChI is InChI=1S/C26H29F2N3S/c1-17(8-13-20-5-2-3-14-30-20)15-23(29)21-6-4-7-22(28)25(21)26-31-16-24(32-26)18-9-11-19(27)12-10-18/h2-7,9-11,14-17,19-20,26,30-31H,8,12-13,29H2,1H3/b23-15-. The van der Waals surface area contributed by atoms with Crippen LogP contribution in [0.4, 0.5) is 8.78 Å². The first-order chi connectivity index (χ1) is 15.5. The van der Waals surface area contributed by atoms with E-state index in [4.69, 9.17) is 5.73 Å². The van der Waals surface area contributed by atoms with Crippen LogP contribution in [0.15, 0.2) is 83.6 Å². The molecular weight excluding hydrogens is 424 g/mol. The molecular formula is C26H29F2N3S. The smallest absolute Gasteiger partial charge is 0.130 e. The van der Waals surface area contributed by atoms with Gasteiger partial charge in [0.1, 0.15) is 17.4 Å². The fraction of sp³-hybridized carbons (Fsp3) is 0.308. The number of dihydropyridines is 1. The van der Waals surface area contributed by atoms with Crippen molar-refractivity contribution in [2.24, 2.45) is 11.7 Å². The van der Waals surface area contributed by atoms with Crippen molar-refractivity contribution in [2.75, 3.05) is 0 Å². The molecule has 1 aromatic rings. The molecule has 32 heavy (non-hydrogen) atoms. The second-order valence-electron chi connectivity index (χ2n) is 8.34. The van der Waals surface area contributed by atoms with Gasteiger partial charge < -0.3 is 16.4 Å². The predicted molar refractivity (Wildman–Crippen MR) is 130 cm³/mol. The Morgan fingerprint density at radius 3 is 2.91 bits per heavy atom. The minimum absolute atomic E-state index is 0.260. The number of thioether (sulfide) groups is 1. The Bertz CT molecular complexity index is 1020. The number of benzene rings is 1. The molecule has 4 rings (SSSR count). The predicted octanol–water partition coefficient (Wildman–Crippen LogP) is 5.98. The van der Waals surface area contributed by atoms with Crippen LogP contribution in [0.3, 0.4) is 0 Å². The molecule has 3 aliphatic rings. The first-order valence-electron chi connectivity index (χ1n) is 11.0. The average Bonchev–Trinajstić information content (AvgIpc) is 3.28. The Balaban J connectivity index is 1.46. The Kier molecular flexibility index (Phi) is 7.20. The fourth-order valence-electron chi connectivity index (χ4n) is 4.06. The average molecular weight is 454 g/mol. The van der Waals surface area contributed by atoms with Crippen molar-refractivity contribution in [1.29, 1.82) is 0 Å². The van der Waals surface area contributed by atoms with E-state index < -0.39 is 6.17 Å². The number of halogens is 2. The minimum Gasteiger partial charge on any atom is -0.398 e. The summed E-state index contributed by atoms with van der Waals surface area (Å²) >= 11 is 1.53. The number of hydrogen-bond donors (Lipinski definition) is 3. The van der Waals surface area contributed by atoms with E-state index in [-0.39, 0.29) is 17.1 Å². The molecule has 0 aromatic heterocycles. The Labute approximate surface area is 192 Å². The van der Waals surface area contributed by atoms with E-state index in [9.17, 15) is 8.78 Å². The lowest BCUT2D eigenvalue weighted by molar-refractivity contribution is 0.401. The lowest BCUT2D eigenvalue weighted by atomic mass is 9.96. The lowest BCUT2D eigenvalue weighted by Gasteiger charge is -2.20. The number of nitrogens with two attached hydrogens (primary N) is 1. The number of alkyl halides is 1. The van der Waals surface area contributed by atoms with Crippen molar-refractivity contribution in [1.82, 2.24) is 10.6 Å². The summed E-state index contributed by atoms with van der Waals surface area (Å²) in [7, 11) is 0. The van der Waals surface area contributed by atoms with Gasteiger partial charge >= 0.3 is 0 Å². The Hall–Kier alpha value is -2.73. The summed E-state index contributed by atoms with van der Waals surface area (Å²) in [5.41, 5.74) is 9.29. The van der Waals surface area contributed by atoms with Gasteiger partial charge in [0, 0.05) is 40.4 Å². The van der Waals surface area contributed by atoms with Crippen molar-refractivity contribution >= 4 is 17.5 Å². The molecule has 0 amide bonds. The van der Waals surface area contributed by atoms with Crippen LogP contribution in [0.25, 0.3) is 5.70 Å². The molecule has 1 aliphatic carbocycles. The van der Waals surface area contributed by atoms with Crippen molar-refractivity contribution in [3.63, 3.8) is 0 Å². The largest absolute Gasteiger partial charge is 0.398 e. The van der Waals surface area contributed by atoms with Crippen LogP contribution in [0.2, 0.25) is 0 Å². The minimum atomic E-state index is -0.930. The van der Waals surface area contributed by atoms with Crippen LogP contribution in [0.1, 0.15) is 42.7 Å². The number of allylic oxidation sites excluding steroid dienone is 7. The van der Waals surface area contributed by atoms with Crippen LogP contribution in [0, 0.1) is 11.7 Å². The van der Waals surface area contributed by atoms with Gasteiger partial charge in [0.15, 0.2) is 0 Å². The maximum atomic E-state index is 15.0. The van der Waals surface area contributed by atoms with Gasteiger partial charge in [-0.15, -0.1) is 0 Å². The van der Waals surface area contributed by atoms with Crippen LogP contribution in [-0.2, 0) is 0 Å². The van der Waals surface area contributed by atoms with Gasteiger partial charge in [-0.05, 0) is 48.8 Å². The molecule has 168 valence electrons. The van der Waals surface area contributed by atoms with Gasteiger partial charge in [-0.2, -0.15) is 0 Å². The maximum absolute atomic E-state index is 15.0. The van der Waals surface area contributed by atoms with E-state index in [0.29, 0.717) is 29.3 Å². The molecule has 4 unspecified atom stereocenters. The van der Waals surface area contributed by atoms with E-state index in [1.165, 1.54) is 17.8 Å². The Morgan fingerprint density at radius 1 is 1.28 bits per heavy atom. The summed E-state index contributed by atoms with van der Waals surface area (Å²) in [6.45, 7) is 2.14. The molecule has 6 heteroatoms. The van der Waals surface area contributed by atoms with E-state index in [1.54, 1.807) is 18.2 Å². The normalized spacial score (nSPS) is 25.7. The van der Waals surface area contributed by atoms with Gasteiger partial charge in [-0.1, -0.05) is 61.2 Å². The summed E-state index contributed by atoms with van der Waals surface area (Å²) in [4.78, 5) is 0.977. The molecule has 4 N–H and O–H groups in total. The zero-order chi connectivity index (χ0) is 22.5. The summed E-state index contributed by atoms with van der Waals surface area (Å²) in [6.07, 6.45) is 18.7. The third-order valence-electron chi connectivity index (χ3n) is 5.83. The summed E-state index contributed by atoms with van der Waals surface area (Å²) in [6, 6.07) is 5.38. The van der Waals surface area contributed by atoms with Crippen molar-refractivity contribution in [3.8, 4) is 0 Å². The van der Waals surface area contributed by atoms with Crippen LogP contribution in [-0.4, -0.2) is 12.2 Å². The monoisotopic (exact) mass is 453 g/mol. The zero-order valence-corrected chi connectivity index (χ0v) is 18.9. The van der Waals surface area contributed by atoms with E-state index in [2.05, 4.69) is 29.7 Å². The number of rotatable bonds is 7. The number of nitrogens with one attached hydrogen (secondary N) is 2. The maximum Gasteiger partial charge on any atom is 0.130 e. The first kappa shape index (κ1) is 22.5. The van der Waals surface area contributed by atoms with Gasteiger partial charge in [0.2, 0.25) is 0 Å². The van der Waals surface area contributed by atoms with Gasteiger partial charge in [0.05, 0.1) is 0 Å². The molecule has 4 atom stereocenters. The third-order valence-corrected chi connectivity index (χ3v) is 7.04. The molecule has 0 fully saturated rings. The van der Waals surface area contributed by atoms with Crippen LogP contribution >= 0.6 is 11.8 Å². The highest BCUT2D eigenvalue weighted by Crippen LogP contribution is 2.44. The molecule has 2 aliphatic heterocycles. The molecule has 2 heterocycles. The van der Waals surface area contributed by atoms with E-state index in [1.807, 2.05) is 36.7 Å². The molecule has 0 saturated carbocycles. The molecule has 1 aromatic carbocycles. The van der Waals surface area contributed by atoms with Gasteiger partial charge in [0.25, 0.3) is 0 Å². The summed E-state index contributed by atoms with van der Waals surface area (Å²) < 4.78 is 28.3. The molecule has 0 saturated heterocycles. The van der Waals surface area contributed by atoms with Crippen molar-refractivity contribution < 1.29 is 8.78 Å². The lowest BCUT2D eigenvalue weighted by Crippen LogP contribution is -2.23. The molecule has 3 nitrogen and oxygen atoms in total. The van der Waals surface area contributed by atoms with Crippen molar-refractivity contribution in [3.05, 3.63) is 101 Å². The summed E-state index contributed by atoms with van der Waals surface area (Å²) in [5, 5.41) is 6.32. The topological polar surface area (TPSA) is 50.1 Å². The summed E-state index contributed by atoms with van der Waals surface area (Å²) in [5.74, 6) is -0.0252. The van der Waals surface area contributed by atoms with Gasteiger partial charge in [-0.25, -0.2) is 8.78 Å². The zero-order valence-electron chi connectivity index (χ0n) is 18.1. The van der Waals surface area contributed by atoms with E-state index >= 15 is 0 Å². The highest BCUT2D eigenvalue weighted by atomic mass is 32.2. The Morgan fingerprint density at radius 2 is 2.16 bits per heavy atom. The molecule has 0 spiro atoms. The highest BCUT2D eigenvalue weighted by molar-refractivity contribution is 8.03. The second kappa shape index (κ2) is 10.3. The third kappa shape index (κ3) is 5.36. The van der Waals surface area contributed by atoms with E-state index in [0.717, 1.165) is 23.3 Å². The SMILES string of the molecule is CC(/C=C(\N)c1cccc(F)c1C1NC=C(C2=CCC(F)C=C2)S1)CCC1C=CC=CN1. The van der Waals surface area contributed by atoms with Crippen LogP contribution < -0.4 is 16.4 Å². The first-order valence-corrected chi connectivity index (χ1v) is 11.9. The van der Waals surface area contributed by atoms with Crippen molar-refractivity contribution in [2.45, 2.75) is 43.8 Å². The molecule has 0 bridgehead atoms. The highest BCUT2D eigenvalue weighted by Gasteiger charge is 2.27. The van der Waals surface area contributed by atoms with Gasteiger partial charge in [-0.3, -0.25) is 0 Å². The second-order valence-corrected chi connectivity index (χ2v) is 9.49. The molecule has 0 radical (unpaired) electrons. The van der Waals surface area contributed by atoms with Crippen LogP contribution in [0.5, 0.6) is 0 Å². The number of hydrogen-bond acceptors (Lipinski definition) is 4. The quantitative estimate of drug-likeness (QED) is 0.475. The fourth-order valence-corrected chi connectivity index (χ4v) is 5.23.